The van der Waals surface area contributed by atoms with Crippen molar-refractivity contribution < 1.29 is 10.2 Å². The van der Waals surface area contributed by atoms with Crippen LogP contribution in [0.3, 0.4) is 0 Å². The van der Waals surface area contributed by atoms with Gasteiger partial charge in [0.15, 0.2) is 0 Å². The first-order valence-electron chi connectivity index (χ1n) is 6.74. The largest absolute Gasteiger partial charge is 0.508 e. The lowest BCUT2D eigenvalue weighted by Crippen LogP contribution is -1.97. The van der Waals surface area contributed by atoms with Gasteiger partial charge >= 0.3 is 0 Å². The van der Waals surface area contributed by atoms with Gasteiger partial charge in [-0.25, -0.2) is 0 Å². The third-order valence-corrected chi connectivity index (χ3v) is 3.40. The van der Waals surface area contributed by atoms with E-state index in [-0.39, 0.29) is 11.5 Å². The number of allylic oxidation sites excluding steroid dienone is 4. The van der Waals surface area contributed by atoms with E-state index in [0.29, 0.717) is 12.0 Å². The summed E-state index contributed by atoms with van der Waals surface area (Å²) >= 11 is 0. The molecule has 0 radical (unpaired) electrons. The van der Waals surface area contributed by atoms with Crippen molar-refractivity contribution in [3.63, 3.8) is 0 Å². The van der Waals surface area contributed by atoms with E-state index in [2.05, 4.69) is 4.98 Å². The van der Waals surface area contributed by atoms with Crippen molar-refractivity contribution in [3.05, 3.63) is 83.4 Å². The maximum Gasteiger partial charge on any atom is 0.123 e. The molecule has 0 spiro atoms. The second kappa shape index (κ2) is 5.67. The number of nitrogens with zero attached hydrogens (tertiary/aromatic N) is 1. The average Bonchev–Trinajstić information content (AvgIpc) is 2.51. The molecule has 0 saturated heterocycles. The molecule has 1 aliphatic carbocycles. The summed E-state index contributed by atoms with van der Waals surface area (Å²) in [6, 6.07) is 12.8. The molecule has 0 saturated carbocycles. The van der Waals surface area contributed by atoms with Gasteiger partial charge in [-0.2, -0.15) is 0 Å². The van der Waals surface area contributed by atoms with Crippen molar-refractivity contribution in [3.8, 4) is 5.75 Å². The fourth-order valence-electron chi connectivity index (χ4n) is 2.35. The number of aliphatic hydroxyl groups excluding tert-OH is 1. The second-order valence-corrected chi connectivity index (χ2v) is 4.86. The minimum absolute atomic E-state index is 0.173. The van der Waals surface area contributed by atoms with Gasteiger partial charge in [-0.15, -0.1) is 0 Å². The van der Waals surface area contributed by atoms with E-state index in [0.717, 1.165) is 16.8 Å². The number of rotatable bonds is 2. The lowest BCUT2D eigenvalue weighted by molar-refractivity contribution is 0.431. The van der Waals surface area contributed by atoms with Gasteiger partial charge in [-0.05, 0) is 35.9 Å². The van der Waals surface area contributed by atoms with E-state index in [1.54, 1.807) is 30.5 Å². The number of hydrogen-bond acceptors (Lipinski definition) is 3. The normalized spacial score (nSPS) is 16.5. The minimum atomic E-state index is 0.173. The summed E-state index contributed by atoms with van der Waals surface area (Å²) in [7, 11) is 0. The van der Waals surface area contributed by atoms with Gasteiger partial charge in [-0.3, -0.25) is 4.98 Å². The van der Waals surface area contributed by atoms with Crippen molar-refractivity contribution in [2.24, 2.45) is 0 Å². The Balaban J connectivity index is 1.95. The summed E-state index contributed by atoms with van der Waals surface area (Å²) in [4.78, 5) is 4.27. The van der Waals surface area contributed by atoms with Crippen LogP contribution < -0.4 is 0 Å². The van der Waals surface area contributed by atoms with Gasteiger partial charge in [0.25, 0.3) is 0 Å². The van der Waals surface area contributed by atoms with Crippen LogP contribution >= 0.6 is 0 Å². The number of pyridine rings is 1. The molecule has 0 amide bonds. The van der Waals surface area contributed by atoms with Crippen LogP contribution in [0.4, 0.5) is 0 Å². The monoisotopic (exact) mass is 277 g/mol. The molecule has 2 aromatic rings. The van der Waals surface area contributed by atoms with Crippen LogP contribution in [0.2, 0.25) is 0 Å². The van der Waals surface area contributed by atoms with Crippen molar-refractivity contribution in [2.75, 3.05) is 0 Å². The summed E-state index contributed by atoms with van der Waals surface area (Å²) in [6.45, 7) is 0. The number of phenols is 1. The highest BCUT2D eigenvalue weighted by molar-refractivity contribution is 5.78. The Morgan fingerprint density at radius 3 is 2.52 bits per heavy atom. The topological polar surface area (TPSA) is 53.4 Å². The molecule has 0 fully saturated rings. The quantitative estimate of drug-likeness (QED) is 0.869. The average molecular weight is 277 g/mol. The van der Waals surface area contributed by atoms with Gasteiger partial charge in [0, 0.05) is 23.8 Å². The Morgan fingerprint density at radius 2 is 1.76 bits per heavy atom. The van der Waals surface area contributed by atoms with E-state index in [9.17, 15) is 10.2 Å². The molecule has 0 aliphatic heterocycles. The fraction of sp³-hybridized carbons (Fsp3) is 0.0556. The zero-order valence-electron chi connectivity index (χ0n) is 11.4. The van der Waals surface area contributed by atoms with Crippen molar-refractivity contribution >= 4 is 11.6 Å². The Bertz CT molecular complexity index is 743. The molecule has 2 N–H and O–H groups in total. The molecule has 1 aromatic heterocycles. The third kappa shape index (κ3) is 2.87. The molecule has 0 atom stereocenters. The number of aliphatic hydroxyl groups is 1. The van der Waals surface area contributed by atoms with Crippen molar-refractivity contribution in [1.82, 2.24) is 4.98 Å². The molecule has 0 unspecified atom stereocenters. The summed E-state index contributed by atoms with van der Waals surface area (Å²) in [5.41, 5.74) is 3.28. The minimum Gasteiger partial charge on any atom is -0.508 e. The van der Waals surface area contributed by atoms with Gasteiger partial charge in [0.05, 0.1) is 5.69 Å². The number of hydrogen-bond donors (Lipinski definition) is 2. The van der Waals surface area contributed by atoms with E-state index in [1.807, 2.05) is 36.4 Å². The number of phenolic OH excluding ortho intramolecular Hbond substituents is 1. The molecule has 21 heavy (non-hydrogen) atoms. The van der Waals surface area contributed by atoms with Crippen molar-refractivity contribution in [2.45, 2.75) is 6.42 Å². The van der Waals surface area contributed by atoms with Crippen LogP contribution in [0.1, 0.15) is 17.7 Å². The lowest BCUT2D eigenvalue weighted by atomic mass is 9.92. The van der Waals surface area contributed by atoms with E-state index in [1.165, 1.54) is 0 Å². The van der Waals surface area contributed by atoms with Crippen LogP contribution in [0, 0.1) is 0 Å². The molecule has 3 nitrogen and oxygen atoms in total. The molecule has 0 bridgehead atoms. The van der Waals surface area contributed by atoms with E-state index >= 15 is 0 Å². The summed E-state index contributed by atoms with van der Waals surface area (Å²) < 4.78 is 0. The summed E-state index contributed by atoms with van der Waals surface area (Å²) in [5.74, 6) is 0.362. The molecule has 3 heteroatoms. The molecular formula is C18H15NO2. The lowest BCUT2D eigenvalue weighted by Gasteiger charge is -2.15. The highest BCUT2D eigenvalue weighted by atomic mass is 16.3. The van der Waals surface area contributed by atoms with Crippen LogP contribution in [0.15, 0.2) is 72.1 Å². The Hall–Kier alpha value is -2.81. The molecule has 1 aromatic carbocycles. The van der Waals surface area contributed by atoms with E-state index in [4.69, 9.17) is 0 Å². The predicted molar refractivity (Wildman–Crippen MR) is 83.6 cm³/mol. The van der Waals surface area contributed by atoms with Gasteiger partial charge in [-0.1, -0.05) is 30.3 Å². The van der Waals surface area contributed by atoms with Gasteiger partial charge in [0.2, 0.25) is 0 Å². The summed E-state index contributed by atoms with van der Waals surface area (Å²) in [5, 5.41) is 20.0. The Morgan fingerprint density at radius 1 is 0.952 bits per heavy atom. The first-order valence-corrected chi connectivity index (χ1v) is 6.74. The van der Waals surface area contributed by atoms with Gasteiger partial charge < -0.3 is 10.2 Å². The molecule has 104 valence electrons. The third-order valence-electron chi connectivity index (χ3n) is 3.40. The smallest absolute Gasteiger partial charge is 0.123 e. The maximum atomic E-state index is 10.1. The van der Waals surface area contributed by atoms with Crippen LogP contribution in [-0.4, -0.2) is 15.2 Å². The van der Waals surface area contributed by atoms with Crippen molar-refractivity contribution in [1.29, 1.82) is 0 Å². The highest BCUT2D eigenvalue weighted by Crippen LogP contribution is 2.35. The van der Waals surface area contributed by atoms with Crippen LogP contribution in [0.5, 0.6) is 5.75 Å². The first kappa shape index (κ1) is 13.2. The first-order chi connectivity index (χ1) is 10.2. The highest BCUT2D eigenvalue weighted by Gasteiger charge is 2.15. The Labute approximate surface area is 123 Å². The fourth-order valence-corrected chi connectivity index (χ4v) is 2.35. The summed E-state index contributed by atoms with van der Waals surface area (Å²) in [6.07, 6.45) is 7.79. The molecule has 3 rings (SSSR count). The Kier molecular flexibility index (Phi) is 3.56. The molecular weight excluding hydrogens is 262 g/mol. The maximum absolute atomic E-state index is 10.1. The standard InChI is InChI=1S/C18H15NO2/c20-17-7-2-1-6-15(17)16-12-13(8-9-18(16)21)11-14-5-3-4-10-19-14/h1-11,20-21H,12H2. The second-order valence-electron chi connectivity index (χ2n) is 4.86. The van der Waals surface area contributed by atoms with E-state index < -0.39 is 0 Å². The van der Waals surface area contributed by atoms with Crippen LogP contribution in [-0.2, 0) is 0 Å². The number of benzene rings is 1. The zero-order chi connectivity index (χ0) is 14.7. The van der Waals surface area contributed by atoms with Gasteiger partial charge in [0.1, 0.15) is 11.5 Å². The molecule has 1 aliphatic rings. The molecule has 1 heterocycles. The van der Waals surface area contributed by atoms with Crippen LogP contribution in [0.25, 0.3) is 11.6 Å². The predicted octanol–water partition coefficient (Wildman–Crippen LogP) is 4.10. The number of aromatic nitrogens is 1. The number of aromatic hydroxyl groups is 1. The zero-order valence-corrected chi connectivity index (χ0v) is 11.4. The SMILES string of the molecule is OC1=C(c2ccccc2O)CC(=Cc2ccccn2)C=C1. The number of para-hydroxylation sites is 1.